The third-order valence-electron chi connectivity index (χ3n) is 4.44. The average Bonchev–Trinajstić information content (AvgIpc) is 3.07. The van der Waals surface area contributed by atoms with Gasteiger partial charge < -0.3 is 9.67 Å². The van der Waals surface area contributed by atoms with E-state index >= 15 is 0 Å². The monoisotopic (exact) mass is 342 g/mol. The Balaban J connectivity index is 1.78. The molecule has 0 spiro atoms. The normalized spacial score (nSPS) is 12.2. The van der Waals surface area contributed by atoms with Crippen LogP contribution in [-0.4, -0.2) is 20.4 Å². The Bertz CT molecular complexity index is 1040. The topological polar surface area (TPSA) is 55.1 Å². The first kappa shape index (κ1) is 16.2. The lowest BCUT2D eigenvalue weighted by Crippen LogP contribution is -2.16. The largest absolute Gasteiger partial charge is 0.380 e. The number of carbonyl (C=O) groups excluding carboxylic acids is 1. The van der Waals surface area contributed by atoms with E-state index in [1.165, 1.54) is 0 Å². The molecular weight excluding hydrogens is 324 g/mol. The Morgan fingerprint density at radius 3 is 2.23 bits per heavy atom. The van der Waals surface area contributed by atoms with Gasteiger partial charge in [0.2, 0.25) is 0 Å². The lowest BCUT2D eigenvalue weighted by atomic mass is 10.1. The fourth-order valence-electron chi connectivity index (χ4n) is 3.11. The Kier molecular flexibility index (Phi) is 4.33. The molecule has 1 atom stereocenters. The van der Waals surface area contributed by atoms with Crippen molar-refractivity contribution in [3.05, 3.63) is 102 Å². The van der Waals surface area contributed by atoms with Gasteiger partial charge in [-0.15, -0.1) is 0 Å². The molecule has 4 heteroatoms. The number of para-hydroxylation sites is 2. The van der Waals surface area contributed by atoms with Gasteiger partial charge in [-0.1, -0.05) is 72.8 Å². The second kappa shape index (κ2) is 6.94. The van der Waals surface area contributed by atoms with E-state index in [-0.39, 0.29) is 12.3 Å². The highest BCUT2D eigenvalue weighted by Gasteiger charge is 2.21. The number of Topliss-reactive ketones (excluding diaryl/α,β-unsaturated/α-hetero) is 1. The third-order valence-corrected chi connectivity index (χ3v) is 4.44. The molecule has 3 aromatic carbocycles. The van der Waals surface area contributed by atoms with Crippen molar-refractivity contribution in [3.63, 3.8) is 0 Å². The van der Waals surface area contributed by atoms with Gasteiger partial charge >= 0.3 is 0 Å². The number of carbonyl (C=O) groups is 1. The molecule has 0 aliphatic carbocycles. The molecule has 4 aromatic rings. The van der Waals surface area contributed by atoms with E-state index in [4.69, 9.17) is 0 Å². The van der Waals surface area contributed by atoms with Crippen molar-refractivity contribution in [2.45, 2.75) is 12.6 Å². The number of fused-ring (bicyclic) bond motifs is 1. The molecule has 0 amide bonds. The molecule has 0 radical (unpaired) electrons. The minimum atomic E-state index is -0.896. The van der Waals surface area contributed by atoms with E-state index in [1.54, 1.807) is 12.1 Å². The van der Waals surface area contributed by atoms with E-state index in [9.17, 15) is 9.90 Å². The molecule has 1 aromatic heterocycles. The predicted octanol–water partition coefficient (Wildman–Crippen LogP) is 4.00. The van der Waals surface area contributed by atoms with Gasteiger partial charge in [0.25, 0.3) is 0 Å². The van der Waals surface area contributed by atoms with Crippen LogP contribution in [0.25, 0.3) is 11.0 Å². The highest BCUT2D eigenvalue weighted by Crippen LogP contribution is 2.26. The van der Waals surface area contributed by atoms with Gasteiger partial charge in [-0.25, -0.2) is 4.98 Å². The summed E-state index contributed by atoms with van der Waals surface area (Å²) in [7, 11) is 0. The van der Waals surface area contributed by atoms with Gasteiger partial charge in [-0.2, -0.15) is 0 Å². The molecule has 4 nitrogen and oxygen atoms in total. The molecule has 4 rings (SSSR count). The van der Waals surface area contributed by atoms with E-state index in [2.05, 4.69) is 4.98 Å². The van der Waals surface area contributed by atoms with E-state index in [1.807, 2.05) is 77.4 Å². The van der Waals surface area contributed by atoms with Crippen LogP contribution in [0.3, 0.4) is 0 Å². The number of hydrogen-bond acceptors (Lipinski definition) is 3. The van der Waals surface area contributed by atoms with E-state index < -0.39 is 6.10 Å². The molecule has 1 N–H and O–H groups in total. The van der Waals surface area contributed by atoms with Crippen LogP contribution >= 0.6 is 0 Å². The highest BCUT2D eigenvalue weighted by molar-refractivity contribution is 5.96. The zero-order valence-corrected chi connectivity index (χ0v) is 14.1. The van der Waals surface area contributed by atoms with Gasteiger partial charge in [-0.3, -0.25) is 4.79 Å². The van der Waals surface area contributed by atoms with Crippen LogP contribution in [0.1, 0.15) is 27.8 Å². The van der Waals surface area contributed by atoms with Crippen molar-refractivity contribution in [1.82, 2.24) is 9.55 Å². The molecule has 0 aliphatic rings. The molecule has 0 saturated carbocycles. The van der Waals surface area contributed by atoms with Crippen molar-refractivity contribution in [3.8, 4) is 0 Å². The summed E-state index contributed by atoms with van der Waals surface area (Å²) in [5.41, 5.74) is 2.99. The highest BCUT2D eigenvalue weighted by atomic mass is 16.3. The number of imidazole rings is 1. The van der Waals surface area contributed by atoms with Crippen molar-refractivity contribution in [2.75, 3.05) is 0 Å². The van der Waals surface area contributed by atoms with Gasteiger partial charge in [0.15, 0.2) is 5.78 Å². The van der Waals surface area contributed by atoms with Gasteiger partial charge in [0.05, 0.1) is 17.6 Å². The fourth-order valence-corrected chi connectivity index (χ4v) is 3.11. The van der Waals surface area contributed by atoms with Crippen molar-refractivity contribution in [2.24, 2.45) is 0 Å². The quantitative estimate of drug-likeness (QED) is 0.558. The van der Waals surface area contributed by atoms with Crippen molar-refractivity contribution in [1.29, 1.82) is 0 Å². The van der Waals surface area contributed by atoms with Gasteiger partial charge in [0, 0.05) is 5.56 Å². The Morgan fingerprint density at radius 1 is 0.885 bits per heavy atom. The maximum absolute atomic E-state index is 12.7. The minimum Gasteiger partial charge on any atom is -0.380 e. The average molecular weight is 342 g/mol. The van der Waals surface area contributed by atoms with Crippen LogP contribution in [0.4, 0.5) is 0 Å². The number of nitrogens with zero attached hydrogens (tertiary/aromatic N) is 2. The standard InChI is InChI=1S/C22H18N2O2/c25-20(16-9-3-1-4-10-16)15-24-19-14-8-7-13-18(19)23-22(24)21(26)17-11-5-2-6-12-17/h1-14,21,26H,15H2. The van der Waals surface area contributed by atoms with E-state index in [0.717, 1.165) is 16.6 Å². The summed E-state index contributed by atoms with van der Waals surface area (Å²) < 4.78 is 1.81. The van der Waals surface area contributed by atoms with Crippen LogP contribution in [0, 0.1) is 0 Å². The number of aliphatic hydroxyl groups excluding tert-OH is 1. The predicted molar refractivity (Wildman–Crippen MR) is 101 cm³/mol. The summed E-state index contributed by atoms with van der Waals surface area (Å²) >= 11 is 0. The summed E-state index contributed by atoms with van der Waals surface area (Å²) in [6, 6.07) is 26.2. The van der Waals surface area contributed by atoms with Crippen molar-refractivity contribution < 1.29 is 9.90 Å². The number of aromatic nitrogens is 2. The fraction of sp³-hybridized carbons (Fsp3) is 0.0909. The molecule has 0 aliphatic heterocycles. The summed E-state index contributed by atoms with van der Waals surface area (Å²) in [5, 5.41) is 10.9. The van der Waals surface area contributed by atoms with Crippen LogP contribution in [0.2, 0.25) is 0 Å². The maximum Gasteiger partial charge on any atom is 0.182 e. The second-order valence-electron chi connectivity index (χ2n) is 6.15. The summed E-state index contributed by atoms with van der Waals surface area (Å²) in [6.07, 6.45) is -0.896. The maximum atomic E-state index is 12.7. The molecular formula is C22H18N2O2. The first-order valence-electron chi connectivity index (χ1n) is 8.50. The van der Waals surface area contributed by atoms with Crippen LogP contribution in [0.15, 0.2) is 84.9 Å². The van der Waals surface area contributed by atoms with Crippen LogP contribution < -0.4 is 0 Å². The second-order valence-corrected chi connectivity index (χ2v) is 6.15. The smallest absolute Gasteiger partial charge is 0.182 e. The SMILES string of the molecule is O=C(Cn1c(C(O)c2ccccc2)nc2ccccc21)c1ccccc1. The molecule has 128 valence electrons. The van der Waals surface area contributed by atoms with Gasteiger partial charge in [0.1, 0.15) is 11.9 Å². The minimum absolute atomic E-state index is 0.0183. The molecule has 1 heterocycles. The van der Waals surface area contributed by atoms with Gasteiger partial charge in [-0.05, 0) is 17.7 Å². The number of benzene rings is 3. The van der Waals surface area contributed by atoms with E-state index in [0.29, 0.717) is 11.4 Å². The number of ketones is 1. The summed E-state index contributed by atoms with van der Waals surface area (Å²) in [6.45, 7) is 0.129. The Labute approximate surface area is 151 Å². The Hall–Kier alpha value is -3.24. The molecule has 0 saturated heterocycles. The lowest BCUT2D eigenvalue weighted by Gasteiger charge is -2.14. The first-order valence-corrected chi connectivity index (χ1v) is 8.50. The molecule has 0 bridgehead atoms. The number of hydrogen-bond donors (Lipinski definition) is 1. The summed E-state index contributed by atoms with van der Waals surface area (Å²) in [5.74, 6) is 0.456. The summed E-state index contributed by atoms with van der Waals surface area (Å²) in [4.78, 5) is 17.3. The zero-order valence-electron chi connectivity index (χ0n) is 14.1. The molecule has 1 unspecified atom stereocenters. The molecule has 26 heavy (non-hydrogen) atoms. The van der Waals surface area contributed by atoms with Crippen LogP contribution in [0.5, 0.6) is 0 Å². The van der Waals surface area contributed by atoms with Crippen LogP contribution in [-0.2, 0) is 6.54 Å². The number of rotatable bonds is 5. The Morgan fingerprint density at radius 2 is 1.50 bits per heavy atom. The lowest BCUT2D eigenvalue weighted by molar-refractivity contribution is 0.0969. The first-order chi connectivity index (χ1) is 12.7. The zero-order chi connectivity index (χ0) is 17.9. The third kappa shape index (κ3) is 3.03. The van der Waals surface area contributed by atoms with Crippen molar-refractivity contribution >= 4 is 16.8 Å². The number of aliphatic hydroxyl groups is 1. The molecule has 0 fully saturated rings.